The van der Waals surface area contributed by atoms with E-state index in [2.05, 4.69) is 36.3 Å². The molecule has 1 aromatic rings. The fourth-order valence-corrected chi connectivity index (χ4v) is 4.41. The monoisotopic (exact) mass is 398 g/mol. The first-order valence-electron chi connectivity index (χ1n) is 10.8. The molecule has 2 aliphatic heterocycles. The number of rotatable bonds is 6. The van der Waals surface area contributed by atoms with Crippen molar-refractivity contribution >= 4 is 17.6 Å². The lowest BCUT2D eigenvalue weighted by atomic mass is 9.73. The number of hydrogen-bond acceptors (Lipinski definition) is 5. The van der Waals surface area contributed by atoms with Crippen LogP contribution in [0.3, 0.4) is 0 Å². The molecule has 1 atom stereocenters. The summed E-state index contributed by atoms with van der Waals surface area (Å²) in [6, 6.07) is 8.25. The maximum atomic E-state index is 12.9. The molecule has 0 bridgehead atoms. The minimum absolute atomic E-state index is 0.138. The van der Waals surface area contributed by atoms with Gasteiger partial charge in [-0.15, -0.1) is 0 Å². The van der Waals surface area contributed by atoms with E-state index in [1.54, 1.807) is 0 Å². The normalized spacial score (nSPS) is 23.3. The molecule has 6 heteroatoms. The highest BCUT2D eigenvalue weighted by Gasteiger charge is 2.47. The molecule has 0 spiro atoms. The number of nitrogens with zero attached hydrogens (tertiary/aromatic N) is 2. The zero-order valence-electron chi connectivity index (χ0n) is 17.4. The SMILES string of the molecule is CCOC(=O)C1(C[C@@H]2CC(c3ccc(C)cc3)=NO2)CCN(C(=O)C2CC2)CC1. The Morgan fingerprint density at radius 2 is 1.90 bits per heavy atom. The molecule has 1 amide bonds. The van der Waals surface area contributed by atoms with E-state index < -0.39 is 5.41 Å². The quantitative estimate of drug-likeness (QED) is 0.688. The second-order valence-corrected chi connectivity index (χ2v) is 8.64. The molecule has 0 unspecified atom stereocenters. The number of piperidine rings is 1. The van der Waals surface area contributed by atoms with Gasteiger partial charge in [-0.1, -0.05) is 35.0 Å². The first kappa shape index (κ1) is 19.9. The van der Waals surface area contributed by atoms with Crippen molar-refractivity contribution in [3.05, 3.63) is 35.4 Å². The number of carbonyl (C=O) groups is 2. The van der Waals surface area contributed by atoms with Crippen LogP contribution in [0, 0.1) is 18.3 Å². The number of carbonyl (C=O) groups excluding carboxylic acids is 2. The lowest BCUT2D eigenvalue weighted by Crippen LogP contribution is -2.48. The van der Waals surface area contributed by atoms with Crippen LogP contribution in [0.2, 0.25) is 0 Å². The van der Waals surface area contributed by atoms with E-state index in [1.807, 2.05) is 11.8 Å². The van der Waals surface area contributed by atoms with Crippen molar-refractivity contribution in [3.63, 3.8) is 0 Å². The van der Waals surface area contributed by atoms with E-state index >= 15 is 0 Å². The number of esters is 1. The van der Waals surface area contributed by atoms with Gasteiger partial charge in [0, 0.05) is 31.8 Å². The van der Waals surface area contributed by atoms with Crippen molar-refractivity contribution in [1.29, 1.82) is 0 Å². The number of benzene rings is 1. The third-order valence-corrected chi connectivity index (χ3v) is 6.40. The van der Waals surface area contributed by atoms with Crippen LogP contribution in [-0.2, 0) is 19.2 Å². The first-order chi connectivity index (χ1) is 14.0. The standard InChI is InChI=1S/C23H30N2O4/c1-3-28-22(27)23(10-12-25(13-11-23)21(26)18-8-9-18)15-19-14-20(24-29-19)17-6-4-16(2)5-7-17/h4-7,18-19H,3,8-15H2,1-2H3/t19-/m0/s1. The predicted molar refractivity (Wildman–Crippen MR) is 109 cm³/mol. The Bertz CT molecular complexity index is 790. The molecule has 2 fully saturated rings. The van der Waals surface area contributed by atoms with E-state index in [9.17, 15) is 9.59 Å². The van der Waals surface area contributed by atoms with Crippen molar-refractivity contribution in [1.82, 2.24) is 4.90 Å². The molecule has 1 saturated heterocycles. The molecular formula is C23H30N2O4. The molecule has 6 nitrogen and oxygen atoms in total. The van der Waals surface area contributed by atoms with Crippen LogP contribution in [0.5, 0.6) is 0 Å². The Morgan fingerprint density at radius 1 is 1.21 bits per heavy atom. The van der Waals surface area contributed by atoms with Gasteiger partial charge < -0.3 is 14.5 Å². The summed E-state index contributed by atoms with van der Waals surface area (Å²) in [5.74, 6) is 0.309. The average molecular weight is 399 g/mol. The summed E-state index contributed by atoms with van der Waals surface area (Å²) in [5, 5.41) is 4.29. The first-order valence-corrected chi connectivity index (χ1v) is 10.8. The van der Waals surface area contributed by atoms with E-state index in [0.29, 0.717) is 45.4 Å². The average Bonchev–Trinajstić information content (AvgIpc) is 3.48. The lowest BCUT2D eigenvalue weighted by molar-refractivity contribution is -0.163. The third kappa shape index (κ3) is 4.31. The van der Waals surface area contributed by atoms with Crippen molar-refractivity contribution in [2.75, 3.05) is 19.7 Å². The molecule has 156 valence electrons. The Labute approximate surface area is 172 Å². The summed E-state index contributed by atoms with van der Waals surface area (Å²) in [4.78, 5) is 33.0. The summed E-state index contributed by atoms with van der Waals surface area (Å²) < 4.78 is 5.44. The second-order valence-electron chi connectivity index (χ2n) is 8.64. The maximum absolute atomic E-state index is 12.9. The summed E-state index contributed by atoms with van der Waals surface area (Å²) in [6.45, 7) is 5.49. The van der Waals surface area contributed by atoms with Gasteiger partial charge in [0.2, 0.25) is 5.91 Å². The van der Waals surface area contributed by atoms with Crippen molar-refractivity contribution < 1.29 is 19.2 Å². The Balaban J connectivity index is 1.41. The highest BCUT2D eigenvalue weighted by atomic mass is 16.6. The Hall–Kier alpha value is -2.37. The maximum Gasteiger partial charge on any atom is 0.312 e. The Kier molecular flexibility index (Phi) is 5.61. The van der Waals surface area contributed by atoms with Gasteiger partial charge in [-0.3, -0.25) is 9.59 Å². The molecule has 0 N–H and O–H groups in total. The highest BCUT2D eigenvalue weighted by Crippen LogP contribution is 2.41. The fraction of sp³-hybridized carbons (Fsp3) is 0.609. The number of oxime groups is 1. The van der Waals surface area contributed by atoms with E-state index in [1.165, 1.54) is 5.56 Å². The highest BCUT2D eigenvalue weighted by molar-refractivity contribution is 6.01. The molecule has 0 radical (unpaired) electrons. The van der Waals surface area contributed by atoms with Gasteiger partial charge >= 0.3 is 5.97 Å². The fourth-order valence-electron chi connectivity index (χ4n) is 4.41. The van der Waals surface area contributed by atoms with Gasteiger partial charge in [0.15, 0.2) is 0 Å². The molecule has 29 heavy (non-hydrogen) atoms. The van der Waals surface area contributed by atoms with Crippen LogP contribution < -0.4 is 0 Å². The topological polar surface area (TPSA) is 68.2 Å². The van der Waals surface area contributed by atoms with E-state index in [-0.39, 0.29) is 23.9 Å². The van der Waals surface area contributed by atoms with Crippen molar-refractivity contribution in [3.8, 4) is 0 Å². The lowest BCUT2D eigenvalue weighted by Gasteiger charge is -2.40. The van der Waals surface area contributed by atoms with Crippen LogP contribution >= 0.6 is 0 Å². The Morgan fingerprint density at radius 3 is 2.52 bits per heavy atom. The van der Waals surface area contributed by atoms with Crippen LogP contribution in [0.4, 0.5) is 0 Å². The van der Waals surface area contributed by atoms with E-state index in [4.69, 9.17) is 9.57 Å². The number of likely N-dealkylation sites (tertiary alicyclic amines) is 1. The molecule has 3 aliphatic rings. The molecular weight excluding hydrogens is 368 g/mol. The van der Waals surface area contributed by atoms with E-state index in [0.717, 1.165) is 24.1 Å². The van der Waals surface area contributed by atoms with Crippen molar-refractivity contribution in [2.24, 2.45) is 16.5 Å². The minimum atomic E-state index is -0.598. The zero-order chi connectivity index (χ0) is 20.4. The number of hydrogen-bond donors (Lipinski definition) is 0. The summed E-state index contributed by atoms with van der Waals surface area (Å²) in [6.07, 6.45) is 4.40. The molecule has 4 rings (SSSR count). The molecule has 0 aromatic heterocycles. The van der Waals surface area contributed by atoms with Gasteiger partial charge in [0.1, 0.15) is 6.10 Å². The smallest absolute Gasteiger partial charge is 0.312 e. The van der Waals surface area contributed by atoms with Crippen LogP contribution in [-0.4, -0.2) is 48.3 Å². The van der Waals surface area contributed by atoms with Gasteiger partial charge in [-0.2, -0.15) is 0 Å². The van der Waals surface area contributed by atoms with Gasteiger partial charge in [0.05, 0.1) is 17.7 Å². The molecule has 2 heterocycles. The second kappa shape index (κ2) is 8.17. The van der Waals surface area contributed by atoms with Crippen LogP contribution in [0.1, 0.15) is 56.6 Å². The van der Waals surface area contributed by atoms with Gasteiger partial charge in [0.25, 0.3) is 0 Å². The third-order valence-electron chi connectivity index (χ3n) is 6.40. The summed E-state index contributed by atoms with van der Waals surface area (Å²) in [5.41, 5.74) is 2.60. The molecule has 1 aliphatic carbocycles. The predicted octanol–water partition coefficient (Wildman–Crippen LogP) is 3.46. The van der Waals surface area contributed by atoms with Crippen LogP contribution in [0.15, 0.2) is 29.4 Å². The molecule has 1 saturated carbocycles. The number of ether oxygens (including phenoxy) is 1. The summed E-state index contributed by atoms with van der Waals surface area (Å²) >= 11 is 0. The van der Waals surface area contributed by atoms with Crippen molar-refractivity contribution in [2.45, 2.75) is 58.5 Å². The van der Waals surface area contributed by atoms with Gasteiger partial charge in [-0.05, 0) is 45.1 Å². The largest absolute Gasteiger partial charge is 0.466 e. The van der Waals surface area contributed by atoms with Crippen LogP contribution in [0.25, 0.3) is 0 Å². The minimum Gasteiger partial charge on any atom is -0.466 e. The molecule has 1 aromatic carbocycles. The summed E-state index contributed by atoms with van der Waals surface area (Å²) in [7, 11) is 0. The number of aryl methyl sites for hydroxylation is 1. The zero-order valence-corrected chi connectivity index (χ0v) is 17.4. The van der Waals surface area contributed by atoms with Gasteiger partial charge in [-0.25, -0.2) is 0 Å². The number of amides is 1.